The quantitative estimate of drug-likeness (QED) is 0.0105. The number of rotatable bonds is 33. The summed E-state index contributed by atoms with van der Waals surface area (Å²) in [4.78, 5) is 10.9. The van der Waals surface area contributed by atoms with Crippen LogP contribution in [0.2, 0.25) is 0 Å². The molecule has 8 aromatic rings. The predicted molar refractivity (Wildman–Crippen MR) is 381 cm³/mol. The molecule has 105 heavy (non-hydrogen) atoms. The topological polar surface area (TPSA) is 558 Å². The second-order valence-corrected chi connectivity index (χ2v) is 33.4. The van der Waals surface area contributed by atoms with E-state index < -0.39 is 114 Å². The summed E-state index contributed by atoms with van der Waals surface area (Å²) >= 11 is 0. The first-order chi connectivity index (χ1) is 48.9. The number of urea groups is 1. The van der Waals surface area contributed by atoms with Crippen molar-refractivity contribution in [2.24, 2.45) is 40.9 Å². The summed E-state index contributed by atoms with van der Waals surface area (Å²) in [6.45, 7) is 7.59. The van der Waals surface area contributed by atoms with E-state index >= 15 is 0 Å². The molecule has 0 bridgehead atoms. The van der Waals surface area contributed by atoms with Crippen LogP contribution < -0.4 is 29.6 Å². The van der Waals surface area contributed by atoms with Gasteiger partial charge in [-0.1, -0.05) is 25.5 Å². The first kappa shape index (κ1) is 81.2. The van der Waals surface area contributed by atoms with Crippen molar-refractivity contribution in [1.29, 1.82) is 0 Å². The fraction of sp³-hybridized carbons (Fsp3) is 0.274. The van der Waals surface area contributed by atoms with Gasteiger partial charge in [0.05, 0.1) is 99.0 Å². The Morgan fingerprint density at radius 1 is 0.352 bits per heavy atom. The minimum atomic E-state index is -5.00. The number of carbonyl (C=O) groups is 1. The molecule has 0 fully saturated rings. The first-order valence-corrected chi connectivity index (χ1v) is 41.3. The average molecular weight is 1590 g/mol. The number of ether oxygens (including phenoxy) is 4. The van der Waals surface area contributed by atoms with Crippen LogP contribution in [0.1, 0.15) is 61.3 Å². The summed E-state index contributed by atoms with van der Waals surface area (Å²) in [5.74, 6) is -2.18. The van der Waals surface area contributed by atoms with E-state index in [0.717, 1.165) is 18.6 Å². The van der Waals surface area contributed by atoms with Crippen LogP contribution in [0.4, 0.5) is 61.7 Å². The molecule has 0 saturated heterocycles. The number of carbonyl (C=O) groups excluding carboxylic acids is 1. The number of amides is 2. The molecular formula is C62H66N10O26S7. The molecule has 0 saturated carbocycles. The van der Waals surface area contributed by atoms with Gasteiger partial charge in [0, 0.05) is 35.0 Å². The Balaban J connectivity index is 1.09. The number of fused-ring (bicyclic) bond motifs is 2. The highest BCUT2D eigenvalue weighted by Gasteiger charge is 2.25. The maximum atomic E-state index is 14.2. The molecule has 0 atom stereocenters. The van der Waals surface area contributed by atoms with Gasteiger partial charge in [-0.2, -0.15) is 89.6 Å². The van der Waals surface area contributed by atoms with Crippen LogP contribution in [-0.4, -0.2) is 141 Å². The van der Waals surface area contributed by atoms with Crippen molar-refractivity contribution in [3.8, 4) is 23.0 Å². The molecule has 36 nitrogen and oxygen atoms in total. The smallest absolute Gasteiger partial charge is 0.323 e. The van der Waals surface area contributed by atoms with E-state index in [0.29, 0.717) is 40.8 Å². The third-order valence-electron chi connectivity index (χ3n) is 14.8. The van der Waals surface area contributed by atoms with Gasteiger partial charge in [-0.3, -0.25) is 31.9 Å². The summed E-state index contributed by atoms with van der Waals surface area (Å²) in [6, 6.07) is 21.3. The molecule has 0 aliphatic rings. The van der Waals surface area contributed by atoms with Crippen LogP contribution in [0, 0.1) is 27.7 Å². The normalized spacial score (nSPS) is 12.9. The van der Waals surface area contributed by atoms with E-state index in [2.05, 4.69) is 51.5 Å². The molecule has 8 aromatic carbocycles. The molecule has 562 valence electrons. The molecule has 2 amide bonds. The van der Waals surface area contributed by atoms with Crippen molar-refractivity contribution in [3.05, 3.63) is 131 Å². The van der Waals surface area contributed by atoms with Crippen LogP contribution in [-0.2, 0) is 70.8 Å². The van der Waals surface area contributed by atoms with Crippen molar-refractivity contribution in [1.82, 2.24) is 0 Å². The molecular weight excluding hydrogens is 1530 g/mol. The van der Waals surface area contributed by atoms with Crippen LogP contribution >= 0.6 is 0 Å². The number of azo groups is 4. The minimum Gasteiger partial charge on any atom is -0.491 e. The lowest BCUT2D eigenvalue weighted by molar-refractivity contribution is 0.261. The van der Waals surface area contributed by atoms with Gasteiger partial charge in [0.25, 0.3) is 70.8 Å². The predicted octanol–water partition coefficient (Wildman–Crippen LogP) is 13.7. The largest absolute Gasteiger partial charge is 0.491 e. The van der Waals surface area contributed by atoms with Gasteiger partial charge in [-0.25, -0.2) is 4.79 Å². The first-order valence-electron chi connectivity index (χ1n) is 30.7. The number of nitrogens with zero attached hydrogens (tertiary/aromatic N) is 8. The lowest BCUT2D eigenvalue weighted by Gasteiger charge is -2.17. The van der Waals surface area contributed by atoms with E-state index in [-0.39, 0.29) is 147 Å². The number of nitrogens with one attached hydrogen (secondary N) is 2. The van der Waals surface area contributed by atoms with E-state index in [4.69, 9.17) is 18.9 Å². The molecule has 0 aliphatic heterocycles. The van der Waals surface area contributed by atoms with E-state index in [1.54, 1.807) is 33.8 Å². The third kappa shape index (κ3) is 23.5. The maximum Gasteiger partial charge on any atom is 0.323 e. The fourth-order valence-electron chi connectivity index (χ4n) is 9.68. The zero-order valence-corrected chi connectivity index (χ0v) is 61.4. The Hall–Kier alpha value is -9.48. The summed E-state index contributed by atoms with van der Waals surface area (Å²) < 4.78 is 258. The highest BCUT2D eigenvalue weighted by atomic mass is 32.2. The number of unbranched alkanes of at least 4 members (excludes halogenated alkanes) is 1. The lowest BCUT2D eigenvalue weighted by atomic mass is 10.1. The van der Waals surface area contributed by atoms with Crippen LogP contribution in [0.25, 0.3) is 21.5 Å². The van der Waals surface area contributed by atoms with Crippen molar-refractivity contribution in [3.63, 3.8) is 0 Å². The van der Waals surface area contributed by atoms with Gasteiger partial charge >= 0.3 is 6.03 Å². The number of anilines is 2. The summed E-state index contributed by atoms with van der Waals surface area (Å²) in [7, 11) is -33.2. The van der Waals surface area contributed by atoms with Crippen molar-refractivity contribution in [2.45, 2.75) is 86.3 Å². The SMILES string of the molecule is CCCCOc1cc(N=Nc2ccc3c(S(=O)(=O)O)cc(S(=O)(=O)O)cc3c2)c(C)cc1N=Nc1cc(OCCCS(=O)(=O)O)c(NC(=O)Nc2cc(C)c(N=Nc3cc(C)c(N=Nc4ccc5c(S(=O)(=O)O)cc(S(=O)(=O)O)cc5c4)cc3OCCCS(=O)(=O)O)cc2OCCCS(=O)(=O)O)cc1C. The zero-order chi connectivity index (χ0) is 77.2. The molecule has 0 aromatic heterocycles. The molecule has 43 heteroatoms. The third-order valence-corrected chi connectivity index (χ3v) is 20.7. The van der Waals surface area contributed by atoms with Crippen molar-refractivity contribution in [2.75, 3.05) is 54.3 Å². The Labute approximate surface area is 602 Å². The van der Waals surface area contributed by atoms with Gasteiger partial charge in [0.15, 0.2) is 0 Å². The maximum absolute atomic E-state index is 14.2. The molecule has 0 radical (unpaired) electrons. The van der Waals surface area contributed by atoms with Gasteiger partial charge in [0.2, 0.25) is 0 Å². The van der Waals surface area contributed by atoms with Gasteiger partial charge in [-0.15, -0.1) is 10.2 Å². The Morgan fingerprint density at radius 2 is 0.657 bits per heavy atom. The zero-order valence-electron chi connectivity index (χ0n) is 55.7. The van der Waals surface area contributed by atoms with Gasteiger partial charge in [0.1, 0.15) is 44.2 Å². The number of benzene rings is 8. The van der Waals surface area contributed by atoms with E-state index in [9.17, 15) is 95.6 Å². The lowest BCUT2D eigenvalue weighted by Crippen LogP contribution is -2.21. The monoisotopic (exact) mass is 1590 g/mol. The number of hydrogen-bond donors (Lipinski definition) is 9. The second-order valence-electron chi connectivity index (χ2n) is 23.1. The highest BCUT2D eigenvalue weighted by Crippen LogP contribution is 2.43. The molecule has 9 N–H and O–H groups in total. The number of aryl methyl sites for hydroxylation is 4. The molecule has 0 aliphatic carbocycles. The highest BCUT2D eigenvalue weighted by molar-refractivity contribution is 7.87. The molecule has 8 rings (SSSR count). The molecule has 0 spiro atoms. The van der Waals surface area contributed by atoms with Crippen molar-refractivity contribution >= 4 is 155 Å². The van der Waals surface area contributed by atoms with Crippen molar-refractivity contribution < 1.29 is 115 Å². The van der Waals surface area contributed by atoms with Gasteiger partial charge < -0.3 is 29.6 Å². The minimum absolute atomic E-state index is 0.00641. The van der Waals surface area contributed by atoms with E-state index in [1.165, 1.54) is 78.9 Å². The number of hydrogen-bond acceptors (Lipinski definition) is 27. The molecule has 0 heterocycles. The van der Waals surface area contributed by atoms with Gasteiger partial charge in [-0.05, 0) is 159 Å². The Kier molecular flexibility index (Phi) is 25.8. The molecule has 0 unspecified atom stereocenters. The Bertz CT molecular complexity index is 5710. The van der Waals surface area contributed by atoms with Crippen LogP contribution in [0.3, 0.4) is 0 Å². The van der Waals surface area contributed by atoms with Crippen LogP contribution in [0.15, 0.2) is 170 Å². The standard InChI is InChI=1S/C62H66N10O26S7/c1-6-7-15-95-58-34-48(67-65-42-11-13-46-40(26-42)28-44(102(83,84)85)30-60(46)104(89,90)91)38(4)24-54(58)71-69-50-32-56(96-16-8-19-99(74,75)76)52(22-36(50)2)63-62(73)64-53-23-37(3)51(33-57(53)97-17-9-20-100(77,78)79)70-72-55-25-39(5)49(35-59(55)98-18-10-21-101(80,81)82)68-66-43-12-14-47-41(27-43)29-45(103(86,87)88)31-61(47)105(92,93)94/h11-14,22-35H,6-10,15-21H2,1-5H3,(H2,63,64,73)(H,74,75,76)(H,77,78,79)(H,80,81,82)(H,83,84,85)(H,86,87,88)(H,89,90,91)(H,92,93,94). The van der Waals surface area contributed by atoms with Crippen LogP contribution in [0.5, 0.6) is 23.0 Å². The second kappa shape index (κ2) is 33.3. The Morgan fingerprint density at radius 3 is 0.981 bits per heavy atom. The summed E-state index contributed by atoms with van der Waals surface area (Å²) in [5, 5.41) is 39.8. The van der Waals surface area contributed by atoms with E-state index in [1.807, 2.05) is 6.92 Å². The summed E-state index contributed by atoms with van der Waals surface area (Å²) in [5.41, 5.74) is 2.47. The average Bonchev–Trinajstić information content (AvgIpc) is 0.771. The summed E-state index contributed by atoms with van der Waals surface area (Å²) in [6.07, 6.45) is 0.670. The fourth-order valence-corrected chi connectivity index (χ4v) is 13.8.